The number of amides is 2. The van der Waals surface area contributed by atoms with Crippen LogP contribution in [0.5, 0.6) is 0 Å². The first-order chi connectivity index (χ1) is 9.95. The summed E-state index contributed by atoms with van der Waals surface area (Å²) < 4.78 is 0.621. The van der Waals surface area contributed by atoms with Crippen LogP contribution in [-0.4, -0.2) is 35.6 Å². The molecule has 0 unspecified atom stereocenters. The van der Waals surface area contributed by atoms with Crippen LogP contribution in [0.25, 0.3) is 0 Å². The van der Waals surface area contributed by atoms with Gasteiger partial charge in [-0.05, 0) is 37.0 Å². The lowest BCUT2D eigenvalue weighted by atomic mass is 10.1. The summed E-state index contributed by atoms with van der Waals surface area (Å²) in [6, 6.07) is 4.43. The van der Waals surface area contributed by atoms with E-state index in [4.69, 9.17) is 5.11 Å². The maximum Gasteiger partial charge on any atom is 0.335 e. The number of anilines is 1. The Bertz CT molecular complexity index is 542. The number of hydrogen-bond acceptors (Lipinski definition) is 2. The number of benzene rings is 1. The van der Waals surface area contributed by atoms with Crippen LogP contribution in [0.15, 0.2) is 22.7 Å². The second-order valence-electron chi connectivity index (χ2n) is 5.49. The summed E-state index contributed by atoms with van der Waals surface area (Å²) in [5.74, 6) is -0.441. The molecule has 1 aliphatic rings. The number of halogens is 1. The number of aromatic carboxylic acids is 1. The zero-order valence-electron chi connectivity index (χ0n) is 11.9. The van der Waals surface area contributed by atoms with Gasteiger partial charge in [-0.3, -0.25) is 0 Å². The molecule has 0 aliphatic heterocycles. The van der Waals surface area contributed by atoms with Gasteiger partial charge in [0.1, 0.15) is 0 Å². The fraction of sp³-hybridized carbons (Fsp3) is 0.467. The minimum atomic E-state index is -1.02. The van der Waals surface area contributed by atoms with Gasteiger partial charge >= 0.3 is 12.0 Å². The summed E-state index contributed by atoms with van der Waals surface area (Å²) in [7, 11) is 1.77. The maximum absolute atomic E-state index is 12.1. The Morgan fingerprint density at radius 2 is 2.00 bits per heavy atom. The average molecular weight is 355 g/mol. The van der Waals surface area contributed by atoms with Gasteiger partial charge < -0.3 is 15.3 Å². The molecule has 2 N–H and O–H groups in total. The molecular weight excluding hydrogens is 336 g/mol. The first kappa shape index (κ1) is 15.8. The van der Waals surface area contributed by atoms with Crippen molar-refractivity contribution in [2.75, 3.05) is 18.9 Å². The third kappa shape index (κ3) is 4.46. The highest BCUT2D eigenvalue weighted by atomic mass is 79.9. The summed E-state index contributed by atoms with van der Waals surface area (Å²) in [4.78, 5) is 24.8. The Morgan fingerprint density at radius 3 is 2.62 bits per heavy atom. The largest absolute Gasteiger partial charge is 0.478 e. The minimum Gasteiger partial charge on any atom is -0.478 e. The summed E-state index contributed by atoms with van der Waals surface area (Å²) in [6.45, 7) is 0.742. The van der Waals surface area contributed by atoms with E-state index in [-0.39, 0.29) is 11.6 Å². The molecule has 6 heteroatoms. The number of carboxylic acids is 1. The van der Waals surface area contributed by atoms with E-state index in [0.717, 1.165) is 6.54 Å². The van der Waals surface area contributed by atoms with Crippen molar-refractivity contribution >= 4 is 33.6 Å². The molecule has 114 valence electrons. The van der Waals surface area contributed by atoms with Crippen molar-refractivity contribution in [2.45, 2.75) is 25.7 Å². The predicted molar refractivity (Wildman–Crippen MR) is 84.7 cm³/mol. The van der Waals surface area contributed by atoms with Gasteiger partial charge in [-0.2, -0.15) is 0 Å². The van der Waals surface area contributed by atoms with Gasteiger partial charge in [-0.25, -0.2) is 9.59 Å². The van der Waals surface area contributed by atoms with Crippen LogP contribution in [0.2, 0.25) is 0 Å². The molecule has 0 heterocycles. The number of rotatable bonds is 4. The summed E-state index contributed by atoms with van der Waals surface area (Å²) in [6.07, 6.45) is 4.84. The number of urea groups is 1. The molecule has 1 aliphatic carbocycles. The quantitative estimate of drug-likeness (QED) is 0.863. The molecule has 0 saturated heterocycles. The van der Waals surface area contributed by atoms with E-state index < -0.39 is 5.97 Å². The number of nitrogens with zero attached hydrogens (tertiary/aromatic N) is 1. The molecule has 0 spiro atoms. The van der Waals surface area contributed by atoms with E-state index >= 15 is 0 Å². The van der Waals surface area contributed by atoms with Gasteiger partial charge in [0.25, 0.3) is 0 Å². The number of hydrogen-bond donors (Lipinski definition) is 2. The van der Waals surface area contributed by atoms with Crippen LogP contribution in [0.3, 0.4) is 0 Å². The van der Waals surface area contributed by atoms with E-state index in [0.29, 0.717) is 16.1 Å². The summed E-state index contributed by atoms with van der Waals surface area (Å²) in [5.41, 5.74) is 0.614. The van der Waals surface area contributed by atoms with E-state index in [1.54, 1.807) is 18.0 Å². The standard InChI is InChI=1S/C15H19BrN2O3/c1-18(9-10-4-2-3-5-10)15(21)17-13-7-11(14(19)20)6-12(16)8-13/h6-8,10H,2-5,9H2,1H3,(H,17,21)(H,19,20). The van der Waals surface area contributed by atoms with Crippen molar-refractivity contribution in [3.63, 3.8) is 0 Å². The fourth-order valence-corrected chi connectivity index (χ4v) is 3.16. The van der Waals surface area contributed by atoms with Crippen molar-refractivity contribution in [1.29, 1.82) is 0 Å². The average Bonchev–Trinajstić information content (AvgIpc) is 2.90. The Balaban J connectivity index is 1.99. The number of nitrogens with one attached hydrogen (secondary N) is 1. The van der Waals surface area contributed by atoms with Crippen LogP contribution < -0.4 is 5.32 Å². The number of carbonyl (C=O) groups is 2. The Labute approximate surface area is 132 Å². The SMILES string of the molecule is CN(CC1CCCC1)C(=O)Nc1cc(Br)cc(C(=O)O)c1. The third-order valence-corrected chi connectivity index (χ3v) is 4.21. The van der Waals surface area contributed by atoms with Gasteiger partial charge in [-0.1, -0.05) is 28.8 Å². The molecule has 1 aromatic carbocycles. The zero-order chi connectivity index (χ0) is 15.4. The summed E-state index contributed by atoms with van der Waals surface area (Å²) in [5, 5.41) is 11.8. The Hall–Kier alpha value is -1.56. The van der Waals surface area contributed by atoms with Crippen LogP contribution >= 0.6 is 15.9 Å². The Kier molecular flexibility index (Phi) is 5.22. The Morgan fingerprint density at radius 1 is 1.33 bits per heavy atom. The molecule has 1 fully saturated rings. The normalized spacial score (nSPS) is 15.0. The molecule has 2 amide bonds. The van der Waals surface area contributed by atoms with Crippen LogP contribution in [0.4, 0.5) is 10.5 Å². The second-order valence-corrected chi connectivity index (χ2v) is 6.41. The lowest BCUT2D eigenvalue weighted by Gasteiger charge is -2.21. The maximum atomic E-state index is 12.1. The highest BCUT2D eigenvalue weighted by Gasteiger charge is 2.19. The molecule has 0 atom stereocenters. The molecule has 0 aromatic heterocycles. The van der Waals surface area contributed by atoms with Crippen molar-refractivity contribution in [3.05, 3.63) is 28.2 Å². The van der Waals surface area contributed by atoms with E-state index in [1.807, 2.05) is 0 Å². The first-order valence-electron chi connectivity index (χ1n) is 7.01. The monoisotopic (exact) mass is 354 g/mol. The van der Waals surface area contributed by atoms with Gasteiger partial charge in [0, 0.05) is 23.8 Å². The van der Waals surface area contributed by atoms with Gasteiger partial charge in [0.05, 0.1) is 5.56 Å². The van der Waals surface area contributed by atoms with E-state index in [2.05, 4.69) is 21.2 Å². The topological polar surface area (TPSA) is 69.6 Å². The van der Waals surface area contributed by atoms with Crippen LogP contribution in [0, 0.1) is 5.92 Å². The smallest absolute Gasteiger partial charge is 0.335 e. The van der Waals surface area contributed by atoms with Crippen LogP contribution in [0.1, 0.15) is 36.0 Å². The minimum absolute atomic E-state index is 0.137. The molecule has 5 nitrogen and oxygen atoms in total. The van der Waals surface area contributed by atoms with Crippen molar-refractivity contribution in [3.8, 4) is 0 Å². The molecule has 0 bridgehead atoms. The fourth-order valence-electron chi connectivity index (χ4n) is 2.67. The zero-order valence-corrected chi connectivity index (χ0v) is 13.5. The van der Waals surface area contributed by atoms with Gasteiger partial charge in [-0.15, -0.1) is 0 Å². The van der Waals surface area contributed by atoms with Crippen molar-refractivity contribution < 1.29 is 14.7 Å². The number of carbonyl (C=O) groups excluding carboxylic acids is 1. The van der Waals surface area contributed by atoms with Gasteiger partial charge in [0.2, 0.25) is 0 Å². The van der Waals surface area contributed by atoms with E-state index in [1.165, 1.54) is 37.8 Å². The van der Waals surface area contributed by atoms with Crippen LogP contribution in [-0.2, 0) is 0 Å². The highest BCUT2D eigenvalue weighted by molar-refractivity contribution is 9.10. The second kappa shape index (κ2) is 6.93. The molecular formula is C15H19BrN2O3. The van der Waals surface area contributed by atoms with Crippen molar-refractivity contribution in [2.24, 2.45) is 5.92 Å². The highest BCUT2D eigenvalue weighted by Crippen LogP contribution is 2.25. The lowest BCUT2D eigenvalue weighted by molar-refractivity contribution is 0.0697. The number of carboxylic acid groups (broad SMARTS) is 1. The molecule has 0 radical (unpaired) electrons. The van der Waals surface area contributed by atoms with Crippen molar-refractivity contribution in [1.82, 2.24) is 4.90 Å². The molecule has 2 rings (SSSR count). The molecule has 21 heavy (non-hydrogen) atoms. The predicted octanol–water partition coefficient (Wildman–Crippen LogP) is 3.80. The summed E-state index contributed by atoms with van der Waals surface area (Å²) >= 11 is 3.25. The lowest BCUT2D eigenvalue weighted by Crippen LogP contribution is -2.34. The first-order valence-corrected chi connectivity index (χ1v) is 7.81. The third-order valence-electron chi connectivity index (χ3n) is 3.75. The molecule has 1 aromatic rings. The molecule has 1 saturated carbocycles. The van der Waals surface area contributed by atoms with E-state index in [9.17, 15) is 9.59 Å². The van der Waals surface area contributed by atoms with Gasteiger partial charge in [0.15, 0.2) is 0 Å².